The number of hydrogen-bond acceptors (Lipinski definition) is 2. The predicted molar refractivity (Wildman–Crippen MR) is 68.7 cm³/mol. The van der Waals surface area contributed by atoms with Gasteiger partial charge in [0.25, 0.3) is 0 Å². The highest BCUT2D eigenvalue weighted by atomic mass is 19.4. The molecule has 0 spiro atoms. The van der Waals surface area contributed by atoms with Gasteiger partial charge in [-0.3, -0.25) is 4.90 Å². The summed E-state index contributed by atoms with van der Waals surface area (Å²) in [6.07, 6.45) is -4.10. The molecule has 0 aromatic heterocycles. The molecule has 0 bridgehead atoms. The number of alkyl halides is 3. The van der Waals surface area contributed by atoms with E-state index in [1.54, 1.807) is 12.1 Å². The molecule has 106 valence electrons. The van der Waals surface area contributed by atoms with Crippen LogP contribution in [0.25, 0.3) is 0 Å². The number of likely N-dealkylation sites (tertiary alicyclic amines) is 1. The number of hydrogen-bond donors (Lipinski definition) is 1. The summed E-state index contributed by atoms with van der Waals surface area (Å²) in [5.41, 5.74) is 6.96. The van der Waals surface area contributed by atoms with Gasteiger partial charge in [-0.1, -0.05) is 24.3 Å². The molecule has 1 saturated heterocycles. The van der Waals surface area contributed by atoms with E-state index < -0.39 is 12.6 Å². The number of benzene rings is 1. The van der Waals surface area contributed by atoms with Crippen LogP contribution in [0.15, 0.2) is 24.3 Å². The van der Waals surface area contributed by atoms with Crippen LogP contribution in [0.5, 0.6) is 0 Å². The minimum atomic E-state index is -4.15. The maximum absolute atomic E-state index is 12.4. The lowest BCUT2D eigenvalue weighted by Gasteiger charge is -2.20. The van der Waals surface area contributed by atoms with E-state index in [1.165, 1.54) is 6.07 Å². The van der Waals surface area contributed by atoms with Crippen molar-refractivity contribution in [3.63, 3.8) is 0 Å². The van der Waals surface area contributed by atoms with Gasteiger partial charge in [-0.05, 0) is 37.1 Å². The summed E-state index contributed by atoms with van der Waals surface area (Å²) >= 11 is 0. The van der Waals surface area contributed by atoms with Gasteiger partial charge in [-0.2, -0.15) is 13.2 Å². The molecule has 0 aliphatic carbocycles. The average Bonchev–Trinajstić information content (AvgIpc) is 2.69. The van der Waals surface area contributed by atoms with Crippen molar-refractivity contribution in [2.75, 3.05) is 20.1 Å². The molecular weight excluding hydrogens is 253 g/mol. The Morgan fingerprint density at radius 2 is 2.11 bits per heavy atom. The van der Waals surface area contributed by atoms with Crippen LogP contribution in [0, 0.1) is 5.92 Å². The Hall–Kier alpha value is -1.07. The fourth-order valence-electron chi connectivity index (χ4n) is 2.81. The van der Waals surface area contributed by atoms with Crippen LogP contribution in [0.1, 0.15) is 23.6 Å². The summed E-state index contributed by atoms with van der Waals surface area (Å²) in [4.78, 5) is 2.17. The molecule has 5 heteroatoms. The third-order valence-corrected chi connectivity index (χ3v) is 3.71. The van der Waals surface area contributed by atoms with Gasteiger partial charge in [-0.25, -0.2) is 0 Å². The lowest BCUT2D eigenvalue weighted by molar-refractivity contribution is -0.127. The van der Waals surface area contributed by atoms with Gasteiger partial charge in [0.2, 0.25) is 0 Å². The molecule has 1 aromatic rings. The number of rotatable bonds is 3. The van der Waals surface area contributed by atoms with E-state index in [4.69, 9.17) is 5.73 Å². The van der Waals surface area contributed by atoms with Crippen molar-refractivity contribution in [1.29, 1.82) is 0 Å². The van der Waals surface area contributed by atoms with Crippen LogP contribution in [-0.2, 0) is 6.42 Å². The molecule has 2 rings (SSSR count). The van der Waals surface area contributed by atoms with Crippen molar-refractivity contribution >= 4 is 0 Å². The quantitative estimate of drug-likeness (QED) is 0.916. The Morgan fingerprint density at radius 3 is 2.68 bits per heavy atom. The monoisotopic (exact) mass is 272 g/mol. The first-order valence-electron chi connectivity index (χ1n) is 6.45. The Balaban J connectivity index is 2.15. The third kappa shape index (κ3) is 3.70. The van der Waals surface area contributed by atoms with Crippen molar-refractivity contribution in [3.05, 3.63) is 35.4 Å². The predicted octanol–water partition coefficient (Wildman–Crippen LogP) is 2.74. The zero-order chi connectivity index (χ0) is 14.0. The number of nitrogens with zero attached hydrogens (tertiary/aromatic N) is 1. The van der Waals surface area contributed by atoms with E-state index in [1.807, 2.05) is 13.1 Å². The van der Waals surface area contributed by atoms with Crippen LogP contribution >= 0.6 is 0 Å². The molecule has 0 amide bonds. The molecule has 19 heavy (non-hydrogen) atoms. The molecule has 1 aromatic carbocycles. The second-order valence-corrected chi connectivity index (χ2v) is 5.33. The SMILES string of the molecule is CN1CC(CN)CC1c1cccc(CC(F)(F)F)c1. The smallest absolute Gasteiger partial charge is 0.330 e. The van der Waals surface area contributed by atoms with Crippen LogP contribution in [-0.4, -0.2) is 31.2 Å². The zero-order valence-corrected chi connectivity index (χ0v) is 11.0. The molecule has 1 fully saturated rings. The van der Waals surface area contributed by atoms with Gasteiger partial charge in [-0.15, -0.1) is 0 Å². The first kappa shape index (κ1) is 14.3. The molecule has 2 unspecified atom stereocenters. The van der Waals surface area contributed by atoms with Crippen molar-refractivity contribution in [1.82, 2.24) is 4.90 Å². The molecule has 2 atom stereocenters. The van der Waals surface area contributed by atoms with E-state index >= 15 is 0 Å². The molecular formula is C14H19F3N2. The van der Waals surface area contributed by atoms with Crippen LogP contribution in [0.4, 0.5) is 13.2 Å². The van der Waals surface area contributed by atoms with E-state index in [0.717, 1.165) is 18.5 Å². The summed E-state index contributed by atoms with van der Waals surface area (Å²) in [5.74, 6) is 0.432. The molecule has 1 heterocycles. The van der Waals surface area contributed by atoms with Gasteiger partial charge >= 0.3 is 6.18 Å². The highest BCUT2D eigenvalue weighted by Crippen LogP contribution is 2.34. The van der Waals surface area contributed by atoms with E-state index in [9.17, 15) is 13.2 Å². The van der Waals surface area contributed by atoms with Crippen molar-refractivity contribution < 1.29 is 13.2 Å². The van der Waals surface area contributed by atoms with Crippen LogP contribution in [0.3, 0.4) is 0 Å². The molecule has 2 N–H and O–H groups in total. The largest absolute Gasteiger partial charge is 0.393 e. The summed E-state index contributed by atoms with van der Waals surface area (Å²) in [7, 11) is 2.00. The molecule has 1 aliphatic rings. The van der Waals surface area contributed by atoms with Gasteiger partial charge in [0.05, 0.1) is 6.42 Å². The van der Waals surface area contributed by atoms with Crippen molar-refractivity contribution in [2.24, 2.45) is 11.7 Å². The summed E-state index contributed by atoms with van der Waals surface area (Å²) in [5, 5.41) is 0. The van der Waals surface area contributed by atoms with Crippen LogP contribution in [0.2, 0.25) is 0 Å². The highest BCUT2D eigenvalue weighted by Gasteiger charge is 2.31. The lowest BCUT2D eigenvalue weighted by Crippen LogP contribution is -2.20. The van der Waals surface area contributed by atoms with Gasteiger partial charge in [0.1, 0.15) is 0 Å². The normalized spacial score (nSPS) is 24.9. The van der Waals surface area contributed by atoms with E-state index in [2.05, 4.69) is 4.90 Å². The summed E-state index contributed by atoms with van der Waals surface area (Å²) < 4.78 is 37.2. The van der Waals surface area contributed by atoms with E-state index in [-0.39, 0.29) is 6.04 Å². The lowest BCUT2D eigenvalue weighted by atomic mass is 9.97. The first-order chi connectivity index (χ1) is 8.89. The topological polar surface area (TPSA) is 29.3 Å². The Bertz CT molecular complexity index is 431. The fourth-order valence-corrected chi connectivity index (χ4v) is 2.81. The Kier molecular flexibility index (Phi) is 4.16. The fraction of sp³-hybridized carbons (Fsp3) is 0.571. The van der Waals surface area contributed by atoms with Crippen molar-refractivity contribution in [2.45, 2.75) is 25.1 Å². The van der Waals surface area contributed by atoms with E-state index in [0.29, 0.717) is 18.0 Å². The maximum atomic E-state index is 12.4. The van der Waals surface area contributed by atoms with Gasteiger partial charge in [0.15, 0.2) is 0 Å². The zero-order valence-electron chi connectivity index (χ0n) is 11.0. The van der Waals surface area contributed by atoms with Gasteiger partial charge < -0.3 is 5.73 Å². The number of halogens is 3. The minimum Gasteiger partial charge on any atom is -0.330 e. The second-order valence-electron chi connectivity index (χ2n) is 5.33. The summed E-state index contributed by atoms with van der Waals surface area (Å²) in [6, 6.07) is 7.00. The molecule has 0 saturated carbocycles. The molecule has 2 nitrogen and oxygen atoms in total. The third-order valence-electron chi connectivity index (χ3n) is 3.71. The highest BCUT2D eigenvalue weighted by molar-refractivity contribution is 5.27. The minimum absolute atomic E-state index is 0.182. The van der Waals surface area contributed by atoms with Crippen molar-refractivity contribution in [3.8, 4) is 0 Å². The Morgan fingerprint density at radius 1 is 1.37 bits per heavy atom. The van der Waals surface area contributed by atoms with Crippen LogP contribution < -0.4 is 5.73 Å². The first-order valence-corrected chi connectivity index (χ1v) is 6.45. The molecule has 1 aliphatic heterocycles. The number of nitrogens with two attached hydrogens (primary N) is 1. The Labute approximate surface area is 111 Å². The summed E-state index contributed by atoms with van der Waals surface area (Å²) in [6.45, 7) is 1.54. The maximum Gasteiger partial charge on any atom is 0.393 e. The standard InChI is InChI=1S/C14H19F3N2/c1-19-9-11(8-18)6-13(19)12-4-2-3-10(5-12)7-14(15,16)17/h2-5,11,13H,6-9,18H2,1H3. The average molecular weight is 272 g/mol. The second kappa shape index (κ2) is 5.51. The molecule has 0 radical (unpaired) electrons. The van der Waals surface area contributed by atoms with Gasteiger partial charge in [0, 0.05) is 12.6 Å².